The Balaban J connectivity index is 2.77. The van der Waals surface area contributed by atoms with Crippen LogP contribution in [0.3, 0.4) is 0 Å². The fourth-order valence-corrected chi connectivity index (χ4v) is 2.82. The van der Waals surface area contributed by atoms with E-state index in [0.29, 0.717) is 0 Å². The number of anilines is 1. The van der Waals surface area contributed by atoms with Gasteiger partial charge in [0.05, 0.1) is 18.4 Å². The van der Waals surface area contributed by atoms with Crippen LogP contribution < -0.4 is 16.2 Å². The van der Waals surface area contributed by atoms with Crippen LogP contribution in [0.5, 0.6) is 0 Å². The number of rotatable bonds is 8. The molecule has 9 heteroatoms. The van der Waals surface area contributed by atoms with E-state index >= 15 is 0 Å². The lowest BCUT2D eigenvalue weighted by Gasteiger charge is -2.12. The van der Waals surface area contributed by atoms with Crippen LogP contribution in [-0.4, -0.2) is 45.8 Å². The van der Waals surface area contributed by atoms with E-state index in [2.05, 4.69) is 4.72 Å². The maximum Gasteiger partial charge on any atom is 0.248 e. The molecular formula is C12H19N3O5S. The van der Waals surface area contributed by atoms with Gasteiger partial charge < -0.3 is 21.3 Å². The first kappa shape index (κ1) is 17.4. The number of hydrogen-bond donors (Lipinski definition) is 4. The minimum atomic E-state index is -3.82. The van der Waals surface area contributed by atoms with E-state index in [4.69, 9.17) is 16.2 Å². The van der Waals surface area contributed by atoms with Crippen LogP contribution in [0.25, 0.3) is 0 Å². The number of sulfonamides is 1. The summed E-state index contributed by atoms with van der Waals surface area (Å²) < 4.78 is 31.2. The lowest BCUT2D eigenvalue weighted by Crippen LogP contribution is -2.29. The van der Waals surface area contributed by atoms with Gasteiger partial charge in [-0.2, -0.15) is 0 Å². The van der Waals surface area contributed by atoms with Crippen LogP contribution in [0.4, 0.5) is 5.69 Å². The number of aliphatic hydroxyl groups is 1. The molecule has 6 N–H and O–H groups in total. The molecule has 0 radical (unpaired) electrons. The molecule has 8 nitrogen and oxygen atoms in total. The Morgan fingerprint density at radius 3 is 2.67 bits per heavy atom. The lowest BCUT2D eigenvalue weighted by molar-refractivity contribution is 0.0603. The number of carbonyl (C=O) groups is 1. The summed E-state index contributed by atoms with van der Waals surface area (Å²) in [4.78, 5) is 10.8. The highest BCUT2D eigenvalue weighted by atomic mass is 32.2. The monoisotopic (exact) mass is 317 g/mol. The third-order valence-electron chi connectivity index (χ3n) is 2.71. The SMILES string of the molecule is COCC(O)CCNS(=O)(=O)c1ccc(C(N)=O)cc1N. The molecule has 1 unspecified atom stereocenters. The van der Waals surface area contributed by atoms with E-state index in [1.54, 1.807) is 0 Å². The summed E-state index contributed by atoms with van der Waals surface area (Å²) in [5.74, 6) is -0.693. The molecule has 0 aromatic heterocycles. The van der Waals surface area contributed by atoms with E-state index in [-0.39, 0.29) is 35.7 Å². The lowest BCUT2D eigenvalue weighted by atomic mass is 10.2. The van der Waals surface area contributed by atoms with Crippen molar-refractivity contribution in [1.29, 1.82) is 0 Å². The molecule has 0 spiro atoms. The standard InChI is InChI=1S/C12H19N3O5S/c1-20-7-9(16)4-5-15-21(18,19)11-3-2-8(12(14)17)6-10(11)13/h2-3,6,9,15-16H,4-5,7,13H2,1H3,(H2,14,17). The predicted molar refractivity (Wildman–Crippen MR) is 77.1 cm³/mol. The molecule has 21 heavy (non-hydrogen) atoms. The van der Waals surface area contributed by atoms with E-state index in [9.17, 15) is 18.3 Å². The molecule has 118 valence electrons. The Labute approximate surface area is 123 Å². The van der Waals surface area contributed by atoms with Gasteiger partial charge >= 0.3 is 0 Å². The van der Waals surface area contributed by atoms with Gasteiger partial charge in [-0.3, -0.25) is 4.79 Å². The van der Waals surface area contributed by atoms with Crippen molar-refractivity contribution in [1.82, 2.24) is 4.72 Å². The summed E-state index contributed by atoms with van der Waals surface area (Å²) in [5, 5.41) is 9.43. The molecule has 1 atom stereocenters. The molecule has 1 amide bonds. The second kappa shape index (κ2) is 7.36. The van der Waals surface area contributed by atoms with Gasteiger partial charge in [0.25, 0.3) is 0 Å². The summed E-state index contributed by atoms with van der Waals surface area (Å²) in [7, 11) is -2.38. The highest BCUT2D eigenvalue weighted by Crippen LogP contribution is 2.19. The smallest absolute Gasteiger partial charge is 0.248 e. The Hall–Kier alpha value is -1.68. The van der Waals surface area contributed by atoms with E-state index in [1.807, 2.05) is 0 Å². The number of nitrogens with two attached hydrogens (primary N) is 2. The van der Waals surface area contributed by atoms with Crippen LogP contribution in [-0.2, 0) is 14.8 Å². The Morgan fingerprint density at radius 1 is 1.48 bits per heavy atom. The van der Waals surface area contributed by atoms with Crippen molar-refractivity contribution >= 4 is 21.6 Å². The molecule has 1 rings (SSSR count). The fourth-order valence-electron chi connectivity index (χ4n) is 1.66. The number of ether oxygens (including phenoxy) is 1. The van der Waals surface area contributed by atoms with E-state index in [1.165, 1.54) is 25.3 Å². The molecule has 0 aliphatic heterocycles. The molecule has 0 saturated carbocycles. The van der Waals surface area contributed by atoms with Gasteiger partial charge in [0.15, 0.2) is 0 Å². The number of aliphatic hydroxyl groups excluding tert-OH is 1. The van der Waals surface area contributed by atoms with Crippen molar-refractivity contribution in [3.05, 3.63) is 23.8 Å². The van der Waals surface area contributed by atoms with Crippen LogP contribution in [0.15, 0.2) is 23.1 Å². The van der Waals surface area contributed by atoms with Gasteiger partial charge in [-0.1, -0.05) is 0 Å². The average Bonchev–Trinajstić information content (AvgIpc) is 2.38. The predicted octanol–water partition coefficient (Wildman–Crippen LogP) is -0.957. The first-order valence-electron chi connectivity index (χ1n) is 6.14. The topological polar surface area (TPSA) is 145 Å². The minimum Gasteiger partial charge on any atom is -0.398 e. The van der Waals surface area contributed by atoms with Crippen molar-refractivity contribution in [3.8, 4) is 0 Å². The van der Waals surface area contributed by atoms with E-state index in [0.717, 1.165) is 0 Å². The van der Waals surface area contributed by atoms with Gasteiger partial charge in [0.2, 0.25) is 15.9 Å². The summed E-state index contributed by atoms with van der Waals surface area (Å²) in [5.41, 5.74) is 10.8. The van der Waals surface area contributed by atoms with E-state index < -0.39 is 22.0 Å². The van der Waals surface area contributed by atoms with Crippen LogP contribution in [0.2, 0.25) is 0 Å². The van der Waals surface area contributed by atoms with Crippen LogP contribution in [0, 0.1) is 0 Å². The zero-order valence-electron chi connectivity index (χ0n) is 11.6. The first-order valence-corrected chi connectivity index (χ1v) is 7.62. The van der Waals surface area contributed by atoms with Gasteiger partial charge in [0, 0.05) is 19.2 Å². The quantitative estimate of drug-likeness (QED) is 0.455. The second-order valence-electron chi connectivity index (χ2n) is 4.41. The number of carbonyl (C=O) groups excluding carboxylic acids is 1. The van der Waals surface area contributed by atoms with Gasteiger partial charge in [-0.05, 0) is 24.6 Å². The molecule has 0 fully saturated rings. The van der Waals surface area contributed by atoms with Gasteiger partial charge in [-0.25, -0.2) is 13.1 Å². The number of nitrogens with one attached hydrogen (secondary N) is 1. The minimum absolute atomic E-state index is 0.0316. The van der Waals surface area contributed by atoms with Crippen LogP contribution in [0.1, 0.15) is 16.8 Å². The number of methoxy groups -OCH3 is 1. The van der Waals surface area contributed by atoms with Crippen molar-refractivity contribution in [2.45, 2.75) is 17.4 Å². The molecule has 1 aromatic carbocycles. The number of benzene rings is 1. The maximum absolute atomic E-state index is 12.1. The molecule has 0 saturated heterocycles. The second-order valence-corrected chi connectivity index (χ2v) is 6.15. The van der Waals surface area contributed by atoms with Gasteiger partial charge in [0.1, 0.15) is 4.90 Å². The highest BCUT2D eigenvalue weighted by molar-refractivity contribution is 7.89. The zero-order valence-corrected chi connectivity index (χ0v) is 12.4. The highest BCUT2D eigenvalue weighted by Gasteiger charge is 2.18. The fraction of sp³-hybridized carbons (Fsp3) is 0.417. The van der Waals surface area contributed by atoms with Crippen molar-refractivity contribution in [2.24, 2.45) is 5.73 Å². The Bertz CT molecular complexity index is 603. The molecule has 0 aliphatic rings. The van der Waals surface area contributed by atoms with Gasteiger partial charge in [-0.15, -0.1) is 0 Å². The summed E-state index contributed by atoms with van der Waals surface area (Å²) >= 11 is 0. The number of nitrogen functional groups attached to an aromatic ring is 1. The number of hydrogen-bond acceptors (Lipinski definition) is 6. The largest absolute Gasteiger partial charge is 0.398 e. The Morgan fingerprint density at radius 2 is 2.14 bits per heavy atom. The molecule has 0 aliphatic carbocycles. The summed E-state index contributed by atoms with van der Waals surface area (Å²) in [6.07, 6.45) is -0.556. The third kappa shape index (κ3) is 4.97. The summed E-state index contributed by atoms with van der Waals surface area (Å²) in [6, 6.07) is 3.70. The number of amides is 1. The summed E-state index contributed by atoms with van der Waals surface area (Å²) in [6.45, 7) is 0.154. The first-order chi connectivity index (χ1) is 9.77. The number of primary amides is 1. The average molecular weight is 317 g/mol. The zero-order chi connectivity index (χ0) is 16.0. The third-order valence-corrected chi connectivity index (χ3v) is 4.25. The molecule has 1 aromatic rings. The van der Waals surface area contributed by atoms with Crippen LogP contribution >= 0.6 is 0 Å². The molecule has 0 heterocycles. The van der Waals surface area contributed by atoms with Crippen molar-refractivity contribution in [2.75, 3.05) is 26.0 Å². The molecular weight excluding hydrogens is 298 g/mol. The maximum atomic E-state index is 12.1. The normalized spacial score (nSPS) is 13.0. The molecule has 0 bridgehead atoms. The van der Waals surface area contributed by atoms with Crippen molar-refractivity contribution in [3.63, 3.8) is 0 Å². The van der Waals surface area contributed by atoms with Crippen molar-refractivity contribution < 1.29 is 23.1 Å². The Kier molecular flexibility index (Phi) is 6.09.